The normalized spacial score (nSPS) is 11.6. The van der Waals surface area contributed by atoms with Crippen LogP contribution >= 0.6 is 34.8 Å². The molecule has 0 aliphatic rings. The van der Waals surface area contributed by atoms with Crippen molar-refractivity contribution in [3.63, 3.8) is 0 Å². The molecule has 0 saturated carbocycles. The number of halogens is 3. The topological polar surface area (TPSA) is 54.6 Å². The maximum absolute atomic E-state index is 12.1. The summed E-state index contributed by atoms with van der Waals surface area (Å²) in [4.78, 5) is 12.1. The lowest BCUT2D eigenvalue weighted by Crippen LogP contribution is -2.19. The second kappa shape index (κ2) is 6.73. The van der Waals surface area contributed by atoms with Gasteiger partial charge in [0.05, 0.1) is 26.3 Å². The van der Waals surface area contributed by atoms with E-state index in [1.807, 2.05) is 0 Å². The number of hydrogen-bond acceptors (Lipinski definition) is 3. The predicted molar refractivity (Wildman–Crippen MR) is 89.3 cm³/mol. The molecule has 2 aromatic rings. The van der Waals surface area contributed by atoms with Crippen LogP contribution in [0.2, 0.25) is 15.1 Å². The Hall–Kier alpha value is -1.49. The molecule has 1 aromatic heterocycles. The number of rotatable bonds is 3. The smallest absolute Gasteiger partial charge is 0.274 e. The third-order valence-corrected chi connectivity index (χ3v) is 4.33. The molecule has 0 aliphatic heterocycles. The molecule has 0 spiro atoms. The molecule has 0 saturated heterocycles. The summed E-state index contributed by atoms with van der Waals surface area (Å²) < 4.78 is 5.31. The number of hydrazone groups is 1. The van der Waals surface area contributed by atoms with Crippen LogP contribution < -0.4 is 5.43 Å². The molecule has 1 heterocycles. The number of hydrogen-bond donors (Lipinski definition) is 1. The minimum atomic E-state index is -0.357. The summed E-state index contributed by atoms with van der Waals surface area (Å²) in [5.74, 6) is 0.844. The molecule has 1 aromatic carbocycles. The van der Waals surface area contributed by atoms with Crippen LogP contribution in [0.3, 0.4) is 0 Å². The zero-order valence-electron chi connectivity index (χ0n) is 12.1. The van der Waals surface area contributed by atoms with Gasteiger partial charge in [-0.15, -0.1) is 0 Å². The lowest BCUT2D eigenvalue weighted by Gasteiger charge is -2.07. The lowest BCUT2D eigenvalue weighted by atomic mass is 10.1. The third-order valence-electron chi connectivity index (χ3n) is 3.04. The van der Waals surface area contributed by atoms with Crippen molar-refractivity contribution >= 4 is 46.4 Å². The van der Waals surface area contributed by atoms with Crippen LogP contribution in [-0.2, 0) is 0 Å². The van der Waals surface area contributed by atoms with E-state index in [0.29, 0.717) is 38.4 Å². The first kappa shape index (κ1) is 16.9. The maximum atomic E-state index is 12.1. The van der Waals surface area contributed by atoms with E-state index < -0.39 is 0 Å². The van der Waals surface area contributed by atoms with Gasteiger partial charge in [-0.25, -0.2) is 5.43 Å². The molecule has 116 valence electrons. The fourth-order valence-electron chi connectivity index (χ4n) is 1.92. The third kappa shape index (κ3) is 3.46. The molecule has 1 N–H and O–H groups in total. The van der Waals surface area contributed by atoms with Gasteiger partial charge in [0.1, 0.15) is 11.5 Å². The summed E-state index contributed by atoms with van der Waals surface area (Å²) in [6.07, 6.45) is 0. The standard InChI is InChI=1S/C15H13Cl3N2O2/c1-7-6-11(9(3)22-7)15(21)20-19-8(2)10-4-5-12(16)14(18)13(10)17/h4-6H,1-3H3,(H,20,21)/b19-8+. The molecule has 0 radical (unpaired) electrons. The number of benzene rings is 1. The Morgan fingerprint density at radius 1 is 1.14 bits per heavy atom. The summed E-state index contributed by atoms with van der Waals surface area (Å²) in [7, 11) is 0. The van der Waals surface area contributed by atoms with Crippen LogP contribution in [0.25, 0.3) is 0 Å². The minimum absolute atomic E-state index is 0.253. The van der Waals surface area contributed by atoms with Crippen LogP contribution in [-0.4, -0.2) is 11.6 Å². The van der Waals surface area contributed by atoms with Gasteiger partial charge in [0.2, 0.25) is 0 Å². The number of furan rings is 1. The Labute approximate surface area is 143 Å². The van der Waals surface area contributed by atoms with Crippen molar-refractivity contribution in [2.75, 3.05) is 0 Å². The van der Waals surface area contributed by atoms with Gasteiger partial charge in [-0.05, 0) is 32.9 Å². The monoisotopic (exact) mass is 358 g/mol. The highest BCUT2D eigenvalue weighted by Crippen LogP contribution is 2.32. The Balaban J connectivity index is 2.22. The van der Waals surface area contributed by atoms with E-state index >= 15 is 0 Å². The molecule has 0 atom stereocenters. The molecular formula is C15H13Cl3N2O2. The van der Waals surface area contributed by atoms with Crippen LogP contribution in [0.15, 0.2) is 27.7 Å². The molecule has 0 fully saturated rings. The summed E-state index contributed by atoms with van der Waals surface area (Å²) in [6, 6.07) is 4.96. The second-order valence-corrected chi connectivity index (χ2v) is 5.85. The number of nitrogens with zero attached hydrogens (tertiary/aromatic N) is 1. The van der Waals surface area contributed by atoms with E-state index in [1.165, 1.54) is 0 Å². The van der Waals surface area contributed by atoms with Gasteiger partial charge in [-0.1, -0.05) is 40.9 Å². The molecule has 2 rings (SSSR count). The summed E-state index contributed by atoms with van der Waals surface area (Å²) in [5, 5.41) is 4.94. The van der Waals surface area contributed by atoms with Crippen molar-refractivity contribution in [3.8, 4) is 0 Å². The molecule has 1 amide bonds. The van der Waals surface area contributed by atoms with Crippen LogP contribution in [0.5, 0.6) is 0 Å². The molecule has 4 nitrogen and oxygen atoms in total. The fraction of sp³-hybridized carbons (Fsp3) is 0.200. The molecule has 7 heteroatoms. The first-order valence-corrected chi connectivity index (χ1v) is 7.50. The summed E-state index contributed by atoms with van der Waals surface area (Å²) in [5.41, 5.74) is 4.01. The second-order valence-electron chi connectivity index (χ2n) is 4.69. The molecule has 0 bridgehead atoms. The number of carbonyl (C=O) groups excluding carboxylic acids is 1. The van der Waals surface area contributed by atoms with Gasteiger partial charge in [0.15, 0.2) is 0 Å². The SMILES string of the molecule is C/C(=N\NC(=O)c1cc(C)oc1C)c1ccc(Cl)c(Cl)c1Cl. The van der Waals surface area contributed by atoms with Crippen molar-refractivity contribution in [2.45, 2.75) is 20.8 Å². The highest BCUT2D eigenvalue weighted by atomic mass is 35.5. The van der Waals surface area contributed by atoms with Gasteiger partial charge >= 0.3 is 0 Å². The predicted octanol–water partition coefficient (Wildman–Crippen LogP) is 5.01. The molecular weight excluding hydrogens is 347 g/mol. The molecule has 0 unspecified atom stereocenters. The zero-order chi connectivity index (χ0) is 16.4. The van der Waals surface area contributed by atoms with E-state index in [1.54, 1.807) is 39.0 Å². The van der Waals surface area contributed by atoms with Crippen molar-refractivity contribution in [3.05, 3.63) is 55.9 Å². The van der Waals surface area contributed by atoms with E-state index in [4.69, 9.17) is 39.2 Å². The Morgan fingerprint density at radius 3 is 2.41 bits per heavy atom. The number of carbonyl (C=O) groups is 1. The number of nitrogens with one attached hydrogen (secondary N) is 1. The number of amides is 1. The fourth-order valence-corrected chi connectivity index (χ4v) is 2.59. The Bertz CT molecular complexity index is 766. The average molecular weight is 360 g/mol. The first-order valence-electron chi connectivity index (χ1n) is 6.36. The van der Waals surface area contributed by atoms with Crippen molar-refractivity contribution in [1.29, 1.82) is 0 Å². The van der Waals surface area contributed by atoms with Gasteiger partial charge in [-0.2, -0.15) is 5.10 Å². The quantitative estimate of drug-likeness (QED) is 0.476. The largest absolute Gasteiger partial charge is 0.466 e. The molecule has 0 aliphatic carbocycles. The van der Waals surface area contributed by atoms with E-state index in [2.05, 4.69) is 10.5 Å². The van der Waals surface area contributed by atoms with Gasteiger partial charge in [-0.3, -0.25) is 4.79 Å². The van der Waals surface area contributed by atoms with E-state index in [-0.39, 0.29) is 10.9 Å². The van der Waals surface area contributed by atoms with Crippen molar-refractivity contribution in [1.82, 2.24) is 5.43 Å². The van der Waals surface area contributed by atoms with Gasteiger partial charge in [0.25, 0.3) is 5.91 Å². The zero-order valence-corrected chi connectivity index (χ0v) is 14.4. The van der Waals surface area contributed by atoms with Crippen LogP contribution in [0, 0.1) is 13.8 Å². The number of aryl methyl sites for hydroxylation is 2. The van der Waals surface area contributed by atoms with E-state index in [0.717, 1.165) is 0 Å². The van der Waals surface area contributed by atoms with Gasteiger partial charge < -0.3 is 4.42 Å². The van der Waals surface area contributed by atoms with Crippen LogP contribution in [0.4, 0.5) is 0 Å². The molecule has 22 heavy (non-hydrogen) atoms. The van der Waals surface area contributed by atoms with Crippen molar-refractivity contribution < 1.29 is 9.21 Å². The van der Waals surface area contributed by atoms with E-state index in [9.17, 15) is 4.79 Å². The first-order chi connectivity index (χ1) is 10.3. The Kier molecular flexibility index (Phi) is 5.16. The summed E-state index contributed by atoms with van der Waals surface area (Å²) >= 11 is 18.0. The van der Waals surface area contributed by atoms with Crippen LogP contribution in [0.1, 0.15) is 34.4 Å². The maximum Gasteiger partial charge on any atom is 0.274 e. The van der Waals surface area contributed by atoms with Gasteiger partial charge in [0, 0.05) is 5.56 Å². The highest BCUT2D eigenvalue weighted by Gasteiger charge is 2.14. The van der Waals surface area contributed by atoms with Crippen molar-refractivity contribution in [2.24, 2.45) is 5.10 Å². The lowest BCUT2D eigenvalue weighted by molar-refractivity contribution is 0.0953. The summed E-state index contributed by atoms with van der Waals surface area (Å²) in [6.45, 7) is 5.20. The Morgan fingerprint density at radius 2 is 1.82 bits per heavy atom. The highest BCUT2D eigenvalue weighted by molar-refractivity contribution is 6.49. The minimum Gasteiger partial charge on any atom is -0.466 e. The average Bonchev–Trinajstić information content (AvgIpc) is 2.81.